The number of nitrogens with one attached hydrogen (secondary N) is 1. The van der Waals surface area contributed by atoms with Crippen LogP contribution in [0.2, 0.25) is 0 Å². The molecule has 0 saturated heterocycles. The van der Waals surface area contributed by atoms with Crippen LogP contribution in [0.5, 0.6) is 0 Å². The van der Waals surface area contributed by atoms with Crippen LogP contribution in [0.4, 0.5) is 21.6 Å². The number of nitrogens with zero attached hydrogens (tertiary/aromatic N) is 6. The molecule has 0 atom stereocenters. The first-order valence-electron chi connectivity index (χ1n) is 9.86. The van der Waals surface area contributed by atoms with Crippen LogP contribution in [0.25, 0.3) is 10.6 Å². The molecule has 1 aliphatic heterocycles. The molecule has 0 saturated carbocycles. The number of hydrogen-bond donors (Lipinski definition) is 1. The van der Waals surface area contributed by atoms with Gasteiger partial charge in [0.05, 0.1) is 14.9 Å². The van der Waals surface area contributed by atoms with E-state index >= 15 is 0 Å². The third-order valence-electron chi connectivity index (χ3n) is 5.15. The number of halogens is 1. The van der Waals surface area contributed by atoms with E-state index in [9.17, 15) is 9.90 Å². The summed E-state index contributed by atoms with van der Waals surface area (Å²) < 4.78 is 0.751. The Hall–Kier alpha value is -2.05. The van der Waals surface area contributed by atoms with Gasteiger partial charge >= 0.3 is 35.6 Å². The van der Waals surface area contributed by atoms with Gasteiger partial charge in [-0.3, -0.25) is 0 Å². The first-order valence-corrected chi connectivity index (χ1v) is 11.5. The number of anilines is 3. The van der Waals surface area contributed by atoms with Gasteiger partial charge in [0.2, 0.25) is 5.95 Å². The van der Waals surface area contributed by atoms with Crippen LogP contribution in [0, 0.1) is 0 Å². The van der Waals surface area contributed by atoms with E-state index in [0.29, 0.717) is 19.0 Å². The molecule has 2 amide bonds. The number of para-hydroxylation sites is 1. The fourth-order valence-electron chi connectivity index (χ4n) is 3.21. The first kappa shape index (κ1) is 25.6. The van der Waals surface area contributed by atoms with Gasteiger partial charge in [0.25, 0.3) is 0 Å². The fraction of sp³-hybridized carbons (Fsp3) is 0.286. The molecule has 0 radical (unpaired) electrons. The molecule has 1 N–H and O–H groups in total. The summed E-state index contributed by atoms with van der Waals surface area (Å²) in [5.41, 5.74) is 0.825. The molecule has 0 fully saturated rings. The second-order valence-electron chi connectivity index (χ2n) is 7.63. The molecule has 1 aliphatic rings. The molecular weight excluding hydrogens is 517 g/mol. The quantitative estimate of drug-likeness (QED) is 0.437. The van der Waals surface area contributed by atoms with E-state index in [-0.39, 0.29) is 29.6 Å². The molecule has 0 unspecified atom stereocenters. The number of benzene rings is 1. The zero-order valence-electron chi connectivity index (χ0n) is 18.7. The van der Waals surface area contributed by atoms with Crippen molar-refractivity contribution < 1.29 is 39.5 Å². The van der Waals surface area contributed by atoms with Gasteiger partial charge in [-0.2, -0.15) is 0 Å². The van der Waals surface area contributed by atoms with Crippen molar-refractivity contribution in [1.29, 1.82) is 0 Å². The molecule has 0 aliphatic carbocycles. The molecule has 12 heteroatoms. The number of carbonyl (C=O) groups excluding carboxylic acids is 1. The first-order chi connectivity index (χ1) is 15.3. The van der Waals surface area contributed by atoms with Gasteiger partial charge in [-0.1, -0.05) is 29.5 Å². The number of thiazole rings is 1. The predicted molar refractivity (Wildman–Crippen MR) is 127 cm³/mol. The number of aliphatic imine (C=N–C) groups is 1. The normalized spacial score (nSPS) is 14.6. The van der Waals surface area contributed by atoms with E-state index < -0.39 is 17.5 Å². The zero-order chi connectivity index (χ0) is 22.9. The minimum atomic E-state index is -0.936. The second kappa shape index (κ2) is 10.5. The maximum Gasteiger partial charge on any atom is 1.00 e. The van der Waals surface area contributed by atoms with Gasteiger partial charge in [0, 0.05) is 38.2 Å². The SMILES string of the molecule is CN(c1ccccc1)c1ncc(-c2nc(NCCN3C(=O)N=C([O-])C3(C)C)ncc2Br)s1.[Na+]. The van der Waals surface area contributed by atoms with Crippen molar-refractivity contribution in [3.05, 3.63) is 47.2 Å². The molecule has 33 heavy (non-hydrogen) atoms. The summed E-state index contributed by atoms with van der Waals surface area (Å²) in [6.07, 6.45) is 3.46. The van der Waals surface area contributed by atoms with Crippen molar-refractivity contribution >= 4 is 56.0 Å². The number of amides is 2. The predicted octanol–water partition coefficient (Wildman–Crippen LogP) is 0.519. The van der Waals surface area contributed by atoms with Crippen molar-refractivity contribution in [2.75, 3.05) is 30.4 Å². The van der Waals surface area contributed by atoms with Gasteiger partial charge < -0.3 is 20.2 Å². The van der Waals surface area contributed by atoms with Crippen LogP contribution in [-0.4, -0.2) is 57.5 Å². The second-order valence-corrected chi connectivity index (χ2v) is 9.49. The Labute approximate surface area is 226 Å². The largest absolute Gasteiger partial charge is 1.00 e. The van der Waals surface area contributed by atoms with E-state index in [0.717, 1.165) is 25.9 Å². The summed E-state index contributed by atoms with van der Waals surface area (Å²) in [4.78, 5) is 33.3. The van der Waals surface area contributed by atoms with Crippen LogP contribution in [0.1, 0.15) is 13.8 Å². The third kappa shape index (κ3) is 5.38. The van der Waals surface area contributed by atoms with E-state index in [4.69, 9.17) is 0 Å². The van der Waals surface area contributed by atoms with Crippen LogP contribution in [0.15, 0.2) is 52.2 Å². The van der Waals surface area contributed by atoms with Crippen LogP contribution in [0.3, 0.4) is 0 Å². The minimum absolute atomic E-state index is 0. The molecule has 0 spiro atoms. The molecule has 3 aromatic rings. The number of aromatic nitrogens is 3. The Kier molecular flexibility index (Phi) is 8.12. The van der Waals surface area contributed by atoms with Crippen molar-refractivity contribution in [3.8, 4) is 10.6 Å². The number of rotatable bonds is 7. The third-order valence-corrected chi connectivity index (χ3v) is 6.81. The summed E-state index contributed by atoms with van der Waals surface area (Å²) in [5.74, 6) is -0.00608. The number of hydrogen-bond acceptors (Lipinski definition) is 8. The fourth-order valence-corrected chi connectivity index (χ4v) is 4.65. The maximum absolute atomic E-state index is 11.9. The van der Waals surface area contributed by atoms with E-state index in [1.54, 1.807) is 26.2 Å². The van der Waals surface area contributed by atoms with Crippen LogP contribution >= 0.6 is 27.3 Å². The Morgan fingerprint density at radius 1 is 1.21 bits per heavy atom. The summed E-state index contributed by atoms with van der Waals surface area (Å²) in [7, 11) is 1.97. The molecule has 3 heterocycles. The van der Waals surface area contributed by atoms with Crippen LogP contribution < -0.4 is 44.9 Å². The topological polar surface area (TPSA) is 110 Å². The molecular formula is C21H21BrN7NaO2S. The molecule has 9 nitrogen and oxygen atoms in total. The minimum Gasteiger partial charge on any atom is -0.860 e. The Morgan fingerprint density at radius 3 is 2.61 bits per heavy atom. The van der Waals surface area contributed by atoms with E-state index in [2.05, 4.69) is 41.2 Å². The van der Waals surface area contributed by atoms with E-state index in [1.807, 2.05) is 42.3 Å². The summed E-state index contributed by atoms with van der Waals surface area (Å²) >= 11 is 5.04. The maximum atomic E-state index is 11.9. The smallest absolute Gasteiger partial charge is 0.860 e. The van der Waals surface area contributed by atoms with Gasteiger partial charge in [-0.05, 0) is 47.8 Å². The Bertz CT molecular complexity index is 1170. The Balaban J connectivity index is 0.00000306. The molecule has 1 aromatic carbocycles. The number of carbonyl (C=O) groups is 1. The van der Waals surface area contributed by atoms with Crippen molar-refractivity contribution in [2.45, 2.75) is 19.4 Å². The molecule has 4 rings (SSSR count). The molecule has 0 bridgehead atoms. The molecule has 2 aromatic heterocycles. The summed E-state index contributed by atoms with van der Waals surface area (Å²) in [5, 5.41) is 15.8. The van der Waals surface area contributed by atoms with Crippen molar-refractivity contribution in [1.82, 2.24) is 19.9 Å². The van der Waals surface area contributed by atoms with Crippen LogP contribution in [-0.2, 0) is 0 Å². The van der Waals surface area contributed by atoms with Crippen molar-refractivity contribution in [2.24, 2.45) is 4.99 Å². The van der Waals surface area contributed by atoms with Gasteiger partial charge in [-0.25, -0.2) is 24.7 Å². The average Bonchev–Trinajstić information content (AvgIpc) is 3.33. The standard InChI is InChI=1S/C21H22BrN7O2S.Na/c1-21(2)17(30)27-19(31)29(21)10-9-23-18-24-11-14(22)16(26-18)15-12-25-20(32-15)28(3)13-7-5-4-6-8-13;/h4-8,11-12H,9-10H2,1-3H3,(H,23,24,26)(H,27,30,31);/q;+1/p-1. The Morgan fingerprint density at radius 2 is 1.94 bits per heavy atom. The van der Waals surface area contributed by atoms with Gasteiger partial charge in [0.15, 0.2) is 5.13 Å². The number of urea groups is 1. The molecule has 166 valence electrons. The van der Waals surface area contributed by atoms with E-state index in [1.165, 1.54) is 16.2 Å². The summed E-state index contributed by atoms with van der Waals surface area (Å²) in [6.45, 7) is 4.06. The monoisotopic (exact) mass is 537 g/mol. The van der Waals surface area contributed by atoms with Gasteiger partial charge in [0.1, 0.15) is 5.69 Å². The van der Waals surface area contributed by atoms with Gasteiger partial charge in [-0.15, -0.1) is 0 Å². The zero-order valence-corrected chi connectivity index (χ0v) is 23.1. The van der Waals surface area contributed by atoms with Crippen molar-refractivity contribution in [3.63, 3.8) is 0 Å². The summed E-state index contributed by atoms with van der Waals surface area (Å²) in [6, 6.07) is 9.48. The average molecular weight is 538 g/mol.